The fourth-order valence-electron chi connectivity index (χ4n) is 1.93. The standard InChI is InChI=1S/C14H17ClFN3/c1-9(16)13-12(15)14(18-8-17-13)19-10(2)11-6-4-3-5-7-11/h3-7,9-10,17H,8H2,1-2H3,(H,18,19). The minimum atomic E-state index is -1.13. The Bertz CT molecular complexity index is 497. The highest BCUT2D eigenvalue weighted by Gasteiger charge is 2.21. The lowest BCUT2D eigenvalue weighted by Gasteiger charge is -2.23. The van der Waals surface area contributed by atoms with Gasteiger partial charge in [-0.1, -0.05) is 41.9 Å². The van der Waals surface area contributed by atoms with Gasteiger partial charge in [0.25, 0.3) is 0 Å². The molecule has 0 saturated heterocycles. The number of nitrogens with zero attached hydrogens (tertiary/aromatic N) is 1. The van der Waals surface area contributed by atoms with Crippen molar-refractivity contribution >= 4 is 17.4 Å². The molecule has 1 aromatic rings. The summed E-state index contributed by atoms with van der Waals surface area (Å²) in [5.41, 5.74) is 1.52. The van der Waals surface area contributed by atoms with Crippen molar-refractivity contribution < 1.29 is 4.39 Å². The lowest BCUT2D eigenvalue weighted by molar-refractivity contribution is 0.391. The summed E-state index contributed by atoms with van der Waals surface area (Å²) >= 11 is 6.16. The average molecular weight is 282 g/mol. The summed E-state index contributed by atoms with van der Waals surface area (Å²) in [7, 11) is 0. The van der Waals surface area contributed by atoms with Crippen molar-refractivity contribution in [2.24, 2.45) is 4.99 Å². The topological polar surface area (TPSA) is 36.4 Å². The van der Waals surface area contributed by atoms with Crippen LogP contribution in [0.1, 0.15) is 25.5 Å². The predicted octanol–water partition coefficient (Wildman–Crippen LogP) is 3.10. The van der Waals surface area contributed by atoms with Crippen LogP contribution in [0, 0.1) is 0 Å². The zero-order valence-corrected chi connectivity index (χ0v) is 11.7. The number of rotatable bonds is 3. The number of hydrogen-bond donors (Lipinski definition) is 2. The summed E-state index contributed by atoms with van der Waals surface area (Å²) in [6.45, 7) is 3.81. The summed E-state index contributed by atoms with van der Waals surface area (Å²) in [4.78, 5) is 4.25. The first-order chi connectivity index (χ1) is 9.09. The van der Waals surface area contributed by atoms with E-state index in [1.165, 1.54) is 6.92 Å². The molecule has 2 rings (SSSR count). The Hall–Kier alpha value is -1.55. The highest BCUT2D eigenvalue weighted by atomic mass is 35.5. The van der Waals surface area contributed by atoms with Crippen LogP contribution in [0.4, 0.5) is 4.39 Å². The van der Waals surface area contributed by atoms with Gasteiger partial charge in [0.2, 0.25) is 0 Å². The fraction of sp³-hybridized carbons (Fsp3) is 0.357. The van der Waals surface area contributed by atoms with Crippen LogP contribution < -0.4 is 10.6 Å². The first-order valence-corrected chi connectivity index (χ1v) is 6.61. The fourth-order valence-corrected chi connectivity index (χ4v) is 2.26. The molecule has 2 N–H and O–H groups in total. The second-order valence-electron chi connectivity index (χ2n) is 4.46. The molecule has 0 saturated carbocycles. The lowest BCUT2D eigenvalue weighted by atomic mass is 10.1. The van der Waals surface area contributed by atoms with E-state index in [9.17, 15) is 4.39 Å². The van der Waals surface area contributed by atoms with Gasteiger partial charge in [-0.25, -0.2) is 9.38 Å². The molecule has 1 aliphatic heterocycles. The maximum Gasteiger partial charge on any atom is 0.144 e. The third-order valence-corrected chi connectivity index (χ3v) is 3.38. The van der Waals surface area contributed by atoms with Crippen molar-refractivity contribution in [1.82, 2.24) is 10.6 Å². The second kappa shape index (κ2) is 6.06. The monoisotopic (exact) mass is 281 g/mol. The van der Waals surface area contributed by atoms with E-state index >= 15 is 0 Å². The van der Waals surface area contributed by atoms with Gasteiger partial charge in [0.15, 0.2) is 0 Å². The Morgan fingerprint density at radius 1 is 1.32 bits per heavy atom. The van der Waals surface area contributed by atoms with Crippen molar-refractivity contribution in [1.29, 1.82) is 0 Å². The van der Waals surface area contributed by atoms with E-state index in [0.717, 1.165) is 5.56 Å². The van der Waals surface area contributed by atoms with Gasteiger partial charge in [0.05, 0.1) is 5.70 Å². The first kappa shape index (κ1) is 13.9. The molecule has 5 heteroatoms. The van der Waals surface area contributed by atoms with Gasteiger partial charge in [0.1, 0.15) is 23.7 Å². The molecule has 1 aromatic carbocycles. The molecule has 0 amide bonds. The molecular weight excluding hydrogens is 265 g/mol. The molecule has 0 aromatic heterocycles. The number of halogens is 2. The summed E-state index contributed by atoms with van der Waals surface area (Å²) < 4.78 is 13.4. The SMILES string of the molecule is CC(F)C1=C(Cl)C(NC(C)c2ccccc2)=NCN1. The zero-order valence-electron chi connectivity index (χ0n) is 11.0. The van der Waals surface area contributed by atoms with Gasteiger partial charge < -0.3 is 10.6 Å². The molecule has 1 aliphatic rings. The van der Waals surface area contributed by atoms with Gasteiger partial charge >= 0.3 is 0 Å². The van der Waals surface area contributed by atoms with E-state index in [0.29, 0.717) is 23.2 Å². The maximum atomic E-state index is 13.4. The molecule has 0 aliphatic carbocycles. The highest BCUT2D eigenvalue weighted by molar-refractivity contribution is 6.43. The van der Waals surface area contributed by atoms with E-state index in [4.69, 9.17) is 11.6 Å². The minimum absolute atomic E-state index is 0.0583. The van der Waals surface area contributed by atoms with Crippen LogP contribution in [0.25, 0.3) is 0 Å². The van der Waals surface area contributed by atoms with Crippen molar-refractivity contribution in [3.05, 3.63) is 46.6 Å². The second-order valence-corrected chi connectivity index (χ2v) is 4.84. The molecule has 3 nitrogen and oxygen atoms in total. The minimum Gasteiger partial charge on any atom is -0.366 e. The van der Waals surface area contributed by atoms with Gasteiger partial charge in [-0.15, -0.1) is 0 Å². The van der Waals surface area contributed by atoms with Gasteiger partial charge in [-0.3, -0.25) is 0 Å². The molecule has 0 fully saturated rings. The Kier molecular flexibility index (Phi) is 4.43. The molecule has 2 unspecified atom stereocenters. The maximum absolute atomic E-state index is 13.4. The molecule has 0 bridgehead atoms. The molecule has 2 atom stereocenters. The van der Waals surface area contributed by atoms with Gasteiger partial charge in [-0.2, -0.15) is 0 Å². The third-order valence-electron chi connectivity index (χ3n) is 3.00. The van der Waals surface area contributed by atoms with Gasteiger partial charge in [0, 0.05) is 6.04 Å². The normalized spacial score (nSPS) is 18.4. The number of amidine groups is 1. The number of aliphatic imine (C=N–C) groups is 1. The van der Waals surface area contributed by atoms with Crippen molar-refractivity contribution in [2.75, 3.05) is 6.67 Å². The smallest absolute Gasteiger partial charge is 0.144 e. The zero-order chi connectivity index (χ0) is 13.8. The van der Waals surface area contributed by atoms with Crippen molar-refractivity contribution in [3.63, 3.8) is 0 Å². The Balaban J connectivity index is 2.13. The Morgan fingerprint density at radius 2 is 2.00 bits per heavy atom. The number of allylic oxidation sites excluding steroid dienone is 1. The number of hydrogen-bond acceptors (Lipinski definition) is 3. The summed E-state index contributed by atoms with van der Waals surface area (Å²) in [5.74, 6) is 0.538. The average Bonchev–Trinajstić information content (AvgIpc) is 2.41. The molecular formula is C14H17ClFN3. The predicted molar refractivity (Wildman–Crippen MR) is 76.9 cm³/mol. The molecule has 0 radical (unpaired) electrons. The van der Waals surface area contributed by atoms with Gasteiger partial charge in [-0.05, 0) is 19.4 Å². The van der Waals surface area contributed by atoms with Crippen LogP contribution in [0.5, 0.6) is 0 Å². The van der Waals surface area contributed by atoms with E-state index in [1.807, 2.05) is 37.3 Å². The first-order valence-electron chi connectivity index (χ1n) is 6.23. The molecule has 19 heavy (non-hydrogen) atoms. The summed E-state index contributed by atoms with van der Waals surface area (Å²) in [5, 5.41) is 6.40. The molecule has 102 valence electrons. The molecule has 0 spiro atoms. The largest absolute Gasteiger partial charge is 0.366 e. The van der Waals surface area contributed by atoms with Crippen LogP contribution in [0.2, 0.25) is 0 Å². The number of nitrogens with one attached hydrogen (secondary N) is 2. The van der Waals surface area contributed by atoms with Crippen LogP contribution in [0.3, 0.4) is 0 Å². The van der Waals surface area contributed by atoms with E-state index < -0.39 is 6.17 Å². The third kappa shape index (κ3) is 3.26. The van der Waals surface area contributed by atoms with E-state index in [1.54, 1.807) is 0 Å². The van der Waals surface area contributed by atoms with Crippen molar-refractivity contribution in [3.8, 4) is 0 Å². The van der Waals surface area contributed by atoms with E-state index in [-0.39, 0.29) is 6.04 Å². The lowest BCUT2D eigenvalue weighted by Crippen LogP contribution is -2.35. The van der Waals surface area contributed by atoms with E-state index in [2.05, 4.69) is 15.6 Å². The summed E-state index contributed by atoms with van der Waals surface area (Å²) in [6.07, 6.45) is -1.13. The number of alkyl halides is 1. The van der Waals surface area contributed by atoms with Crippen LogP contribution >= 0.6 is 11.6 Å². The highest BCUT2D eigenvalue weighted by Crippen LogP contribution is 2.20. The summed E-state index contributed by atoms with van der Waals surface area (Å²) in [6, 6.07) is 10.0. The van der Waals surface area contributed by atoms with Crippen molar-refractivity contribution in [2.45, 2.75) is 26.1 Å². The quantitative estimate of drug-likeness (QED) is 0.893. The van der Waals surface area contributed by atoms with Crippen LogP contribution in [0.15, 0.2) is 46.1 Å². The number of benzene rings is 1. The Labute approximate surface area is 117 Å². The van der Waals surface area contributed by atoms with Crippen LogP contribution in [-0.2, 0) is 0 Å². The Morgan fingerprint density at radius 3 is 2.63 bits per heavy atom. The molecule has 1 heterocycles. The van der Waals surface area contributed by atoms with Crippen LogP contribution in [-0.4, -0.2) is 18.7 Å².